The number of nitrogens with one attached hydrogen (secondary N) is 1. The van der Waals surface area contributed by atoms with E-state index in [0.29, 0.717) is 28.8 Å². The van der Waals surface area contributed by atoms with Crippen LogP contribution < -0.4 is 14.8 Å². The van der Waals surface area contributed by atoms with Crippen molar-refractivity contribution in [3.8, 4) is 17.6 Å². The van der Waals surface area contributed by atoms with E-state index >= 15 is 0 Å². The van der Waals surface area contributed by atoms with E-state index < -0.39 is 0 Å². The second-order valence-electron chi connectivity index (χ2n) is 3.92. The molecule has 0 amide bonds. The third kappa shape index (κ3) is 2.98. The summed E-state index contributed by atoms with van der Waals surface area (Å²) in [6, 6.07) is 8.72. The number of methoxy groups -OCH3 is 2. The lowest BCUT2D eigenvalue weighted by Gasteiger charge is -2.13. The highest BCUT2D eigenvalue weighted by Crippen LogP contribution is 2.36. The van der Waals surface area contributed by atoms with Gasteiger partial charge in [-0.3, -0.25) is 0 Å². The number of furan rings is 1. The predicted molar refractivity (Wildman–Crippen MR) is 75.3 cm³/mol. The Morgan fingerprint density at radius 2 is 2.00 bits per heavy atom. The van der Waals surface area contributed by atoms with Crippen molar-refractivity contribution in [2.24, 2.45) is 0 Å². The van der Waals surface area contributed by atoms with Crippen molar-refractivity contribution in [2.45, 2.75) is 6.54 Å². The smallest absolute Gasteiger partial charge is 0.203 e. The van der Waals surface area contributed by atoms with Crippen LogP contribution in [0.1, 0.15) is 11.5 Å². The van der Waals surface area contributed by atoms with Gasteiger partial charge in [0.25, 0.3) is 0 Å². The number of anilines is 1. The SMILES string of the molecule is COc1cc(NCc2ccc(C#N)o2)c(OC)cc1Cl. The lowest BCUT2D eigenvalue weighted by molar-refractivity contribution is 0.404. The van der Waals surface area contributed by atoms with Crippen LogP contribution in [0.3, 0.4) is 0 Å². The van der Waals surface area contributed by atoms with Crippen LogP contribution in [-0.2, 0) is 6.54 Å². The normalized spacial score (nSPS) is 9.90. The zero-order valence-corrected chi connectivity index (χ0v) is 11.8. The van der Waals surface area contributed by atoms with Crippen molar-refractivity contribution in [3.05, 3.63) is 40.8 Å². The van der Waals surface area contributed by atoms with Gasteiger partial charge in [-0.1, -0.05) is 11.6 Å². The summed E-state index contributed by atoms with van der Waals surface area (Å²) in [5, 5.41) is 12.3. The van der Waals surface area contributed by atoms with Gasteiger partial charge in [0.05, 0.1) is 31.5 Å². The number of rotatable bonds is 5. The van der Waals surface area contributed by atoms with Crippen molar-refractivity contribution < 1.29 is 13.9 Å². The highest BCUT2D eigenvalue weighted by atomic mass is 35.5. The van der Waals surface area contributed by atoms with Gasteiger partial charge in [-0.2, -0.15) is 5.26 Å². The quantitative estimate of drug-likeness (QED) is 0.914. The first kappa shape index (κ1) is 14.1. The van der Waals surface area contributed by atoms with Crippen LogP contribution in [0.2, 0.25) is 5.02 Å². The molecule has 1 heterocycles. The first-order valence-corrected chi connectivity index (χ1v) is 6.20. The van der Waals surface area contributed by atoms with Crippen molar-refractivity contribution in [1.82, 2.24) is 0 Å². The number of ether oxygens (including phenoxy) is 2. The van der Waals surface area contributed by atoms with Crippen LogP contribution in [0.4, 0.5) is 5.69 Å². The lowest BCUT2D eigenvalue weighted by Crippen LogP contribution is -2.01. The fourth-order valence-corrected chi connectivity index (χ4v) is 1.94. The maximum Gasteiger partial charge on any atom is 0.203 e. The van der Waals surface area contributed by atoms with E-state index in [2.05, 4.69) is 5.32 Å². The molecule has 0 aliphatic heterocycles. The second-order valence-corrected chi connectivity index (χ2v) is 4.33. The summed E-state index contributed by atoms with van der Waals surface area (Å²) in [7, 11) is 3.10. The van der Waals surface area contributed by atoms with E-state index in [1.807, 2.05) is 6.07 Å². The third-order valence-electron chi connectivity index (χ3n) is 2.70. The number of hydrogen-bond donors (Lipinski definition) is 1. The molecule has 20 heavy (non-hydrogen) atoms. The molecule has 0 bridgehead atoms. The van der Waals surface area contributed by atoms with Crippen molar-refractivity contribution in [3.63, 3.8) is 0 Å². The topological polar surface area (TPSA) is 67.4 Å². The van der Waals surface area contributed by atoms with Crippen molar-refractivity contribution in [1.29, 1.82) is 5.26 Å². The molecule has 1 aromatic carbocycles. The van der Waals surface area contributed by atoms with E-state index in [1.54, 1.807) is 38.5 Å². The Morgan fingerprint density at radius 3 is 2.60 bits per heavy atom. The van der Waals surface area contributed by atoms with Gasteiger partial charge in [0.2, 0.25) is 5.76 Å². The van der Waals surface area contributed by atoms with Crippen molar-refractivity contribution >= 4 is 17.3 Å². The van der Waals surface area contributed by atoms with Gasteiger partial charge >= 0.3 is 0 Å². The molecular weight excluding hydrogens is 280 g/mol. The van der Waals surface area contributed by atoms with Gasteiger partial charge < -0.3 is 19.2 Å². The fraction of sp³-hybridized carbons (Fsp3) is 0.214. The van der Waals surface area contributed by atoms with Crippen LogP contribution >= 0.6 is 11.6 Å². The van der Waals surface area contributed by atoms with Gasteiger partial charge in [-0.05, 0) is 12.1 Å². The summed E-state index contributed by atoms with van der Waals surface area (Å²) in [5.74, 6) is 2.08. The van der Waals surface area contributed by atoms with E-state index in [9.17, 15) is 0 Å². The highest BCUT2D eigenvalue weighted by molar-refractivity contribution is 6.32. The monoisotopic (exact) mass is 292 g/mol. The first-order chi connectivity index (χ1) is 9.67. The summed E-state index contributed by atoms with van der Waals surface area (Å²) in [5.41, 5.74) is 0.726. The summed E-state index contributed by atoms with van der Waals surface area (Å²) >= 11 is 6.03. The van der Waals surface area contributed by atoms with E-state index in [1.165, 1.54) is 0 Å². The van der Waals surface area contributed by atoms with Gasteiger partial charge in [0.15, 0.2) is 0 Å². The molecule has 0 saturated heterocycles. The summed E-state index contributed by atoms with van der Waals surface area (Å²) in [6.07, 6.45) is 0. The molecule has 0 saturated carbocycles. The molecule has 0 radical (unpaired) electrons. The van der Waals surface area contributed by atoms with Crippen LogP contribution in [-0.4, -0.2) is 14.2 Å². The highest BCUT2D eigenvalue weighted by Gasteiger charge is 2.10. The molecule has 2 aromatic rings. The molecule has 0 fully saturated rings. The van der Waals surface area contributed by atoms with Crippen LogP contribution in [0, 0.1) is 11.3 Å². The van der Waals surface area contributed by atoms with E-state index in [4.69, 9.17) is 30.8 Å². The first-order valence-electron chi connectivity index (χ1n) is 5.82. The minimum Gasteiger partial charge on any atom is -0.495 e. The molecule has 0 aliphatic rings. The number of halogens is 1. The van der Waals surface area contributed by atoms with Crippen LogP contribution in [0.25, 0.3) is 0 Å². The molecule has 0 aliphatic carbocycles. The Morgan fingerprint density at radius 1 is 1.25 bits per heavy atom. The maximum atomic E-state index is 8.70. The molecule has 0 unspecified atom stereocenters. The summed E-state index contributed by atoms with van der Waals surface area (Å²) in [4.78, 5) is 0. The molecule has 104 valence electrons. The average molecular weight is 293 g/mol. The number of hydrogen-bond acceptors (Lipinski definition) is 5. The van der Waals surface area contributed by atoms with Gasteiger partial charge in [-0.15, -0.1) is 0 Å². The molecule has 1 aromatic heterocycles. The Balaban J connectivity index is 2.17. The minimum atomic E-state index is 0.280. The molecule has 0 atom stereocenters. The molecular formula is C14H13ClN2O3. The Kier molecular flexibility index (Phi) is 4.38. The van der Waals surface area contributed by atoms with Gasteiger partial charge in [0.1, 0.15) is 23.3 Å². The Labute approximate surface area is 121 Å². The largest absolute Gasteiger partial charge is 0.495 e. The molecule has 5 nitrogen and oxygen atoms in total. The summed E-state index contributed by atoms with van der Waals surface area (Å²) in [6.45, 7) is 0.419. The fourth-order valence-electron chi connectivity index (χ4n) is 1.71. The predicted octanol–water partition coefficient (Wildman–Crippen LogP) is 3.43. The zero-order chi connectivity index (χ0) is 14.5. The number of nitrogens with zero attached hydrogens (tertiary/aromatic N) is 1. The second kappa shape index (κ2) is 6.22. The van der Waals surface area contributed by atoms with Gasteiger partial charge in [0, 0.05) is 12.1 Å². The average Bonchev–Trinajstić information content (AvgIpc) is 2.93. The summed E-state index contributed by atoms with van der Waals surface area (Å²) < 4.78 is 15.7. The van der Waals surface area contributed by atoms with Crippen molar-refractivity contribution in [2.75, 3.05) is 19.5 Å². The molecule has 2 rings (SSSR count). The Bertz CT molecular complexity index is 646. The lowest BCUT2D eigenvalue weighted by atomic mass is 10.2. The third-order valence-corrected chi connectivity index (χ3v) is 2.99. The minimum absolute atomic E-state index is 0.280. The van der Waals surface area contributed by atoms with E-state index in [-0.39, 0.29) is 5.76 Å². The Hall–Kier alpha value is -2.32. The maximum absolute atomic E-state index is 8.70. The van der Waals surface area contributed by atoms with Gasteiger partial charge in [-0.25, -0.2) is 0 Å². The zero-order valence-electron chi connectivity index (χ0n) is 11.1. The number of benzene rings is 1. The molecule has 0 spiro atoms. The van der Waals surface area contributed by atoms with Crippen LogP contribution in [0.15, 0.2) is 28.7 Å². The number of nitriles is 1. The van der Waals surface area contributed by atoms with Crippen LogP contribution in [0.5, 0.6) is 11.5 Å². The molecule has 6 heteroatoms. The van der Waals surface area contributed by atoms with E-state index in [0.717, 1.165) is 5.69 Å². The molecule has 1 N–H and O–H groups in total. The standard InChI is InChI=1S/C14H13ClN2O3/c1-18-13-6-12(14(19-2)5-11(13)15)17-8-10-4-3-9(7-16)20-10/h3-6,17H,8H2,1-2H3.